The van der Waals surface area contributed by atoms with Gasteiger partial charge in [0.1, 0.15) is 11.5 Å². The maximum absolute atomic E-state index is 12.0. The van der Waals surface area contributed by atoms with E-state index in [-0.39, 0.29) is 17.1 Å². The van der Waals surface area contributed by atoms with Crippen LogP contribution in [0.15, 0.2) is 9.59 Å². The van der Waals surface area contributed by atoms with Gasteiger partial charge in [0.05, 0.1) is 0 Å². The van der Waals surface area contributed by atoms with Crippen molar-refractivity contribution in [3.63, 3.8) is 0 Å². The Morgan fingerprint density at radius 3 is 2.37 bits per heavy atom. The fourth-order valence-corrected chi connectivity index (χ4v) is 1.87. The summed E-state index contributed by atoms with van der Waals surface area (Å²) in [7, 11) is 1.48. The van der Waals surface area contributed by atoms with Gasteiger partial charge in [-0.1, -0.05) is 26.7 Å². The van der Waals surface area contributed by atoms with Crippen LogP contribution in [0.25, 0.3) is 0 Å². The lowest BCUT2D eigenvalue weighted by Gasteiger charge is -2.15. The number of hydrogen-bond donors (Lipinski definition) is 2. The smallest absolute Gasteiger partial charge is 0.332 e. The predicted octanol–water partition coefficient (Wildman–Crippen LogP) is 1.14. The first-order chi connectivity index (χ1) is 9.04. The van der Waals surface area contributed by atoms with E-state index in [0.29, 0.717) is 18.8 Å². The maximum atomic E-state index is 12.0. The molecule has 0 atom stereocenters. The van der Waals surface area contributed by atoms with E-state index in [1.165, 1.54) is 11.6 Å². The van der Waals surface area contributed by atoms with Crippen molar-refractivity contribution in [1.82, 2.24) is 9.13 Å². The monoisotopic (exact) mass is 268 g/mol. The number of nitrogens with zero attached hydrogens (tertiary/aromatic N) is 2. The first-order valence-electron chi connectivity index (χ1n) is 6.87. The molecule has 1 aromatic rings. The van der Waals surface area contributed by atoms with Gasteiger partial charge in [0.25, 0.3) is 5.56 Å². The maximum Gasteiger partial charge on any atom is 0.332 e. The molecular formula is C13H24N4O2. The van der Waals surface area contributed by atoms with Crippen molar-refractivity contribution in [2.24, 2.45) is 7.05 Å². The topological polar surface area (TPSA) is 82.0 Å². The number of nitrogen functional groups attached to an aromatic ring is 1. The second-order valence-electron chi connectivity index (χ2n) is 4.69. The third kappa shape index (κ3) is 3.39. The number of aromatic nitrogens is 2. The summed E-state index contributed by atoms with van der Waals surface area (Å²) in [6.07, 6.45) is 3.81. The minimum absolute atomic E-state index is 0.248. The Morgan fingerprint density at radius 1 is 1.16 bits per heavy atom. The molecule has 0 spiro atoms. The molecule has 108 valence electrons. The van der Waals surface area contributed by atoms with Crippen LogP contribution in [0.3, 0.4) is 0 Å². The first kappa shape index (κ1) is 15.3. The summed E-state index contributed by atoms with van der Waals surface area (Å²) in [6, 6.07) is 0. The van der Waals surface area contributed by atoms with E-state index in [9.17, 15) is 9.59 Å². The molecule has 0 fully saturated rings. The van der Waals surface area contributed by atoms with Gasteiger partial charge in [-0.25, -0.2) is 4.79 Å². The molecule has 0 saturated carbocycles. The van der Waals surface area contributed by atoms with Crippen LogP contribution in [0.1, 0.15) is 39.5 Å². The van der Waals surface area contributed by atoms with E-state index < -0.39 is 0 Å². The van der Waals surface area contributed by atoms with E-state index in [1.54, 1.807) is 0 Å². The summed E-state index contributed by atoms with van der Waals surface area (Å²) in [4.78, 5) is 24.1. The molecule has 1 heterocycles. The van der Waals surface area contributed by atoms with Crippen LogP contribution in [0.2, 0.25) is 0 Å². The van der Waals surface area contributed by atoms with Gasteiger partial charge in [-0.15, -0.1) is 0 Å². The second kappa shape index (κ2) is 7.01. The minimum atomic E-state index is -0.355. The normalized spacial score (nSPS) is 10.7. The number of unbranched alkanes of at least 4 members (excludes halogenated alkanes) is 2. The molecule has 0 unspecified atom stereocenters. The fraction of sp³-hybridized carbons (Fsp3) is 0.692. The Kier molecular flexibility index (Phi) is 5.66. The van der Waals surface area contributed by atoms with Gasteiger partial charge in [-0.05, 0) is 12.8 Å². The summed E-state index contributed by atoms with van der Waals surface area (Å²) in [5.74, 6) is 0.248. The number of rotatable bonds is 7. The van der Waals surface area contributed by atoms with Crippen LogP contribution in [0, 0.1) is 0 Å². The Labute approximate surface area is 113 Å². The van der Waals surface area contributed by atoms with Crippen molar-refractivity contribution in [3.05, 3.63) is 20.8 Å². The molecule has 0 aliphatic rings. The SMILES string of the molecule is CCCCNc1c(N)n(CCCC)c(=O)n(C)c1=O. The highest BCUT2D eigenvalue weighted by atomic mass is 16.2. The van der Waals surface area contributed by atoms with Crippen LogP contribution in [-0.2, 0) is 13.6 Å². The van der Waals surface area contributed by atoms with Gasteiger partial charge < -0.3 is 11.1 Å². The van der Waals surface area contributed by atoms with Crippen molar-refractivity contribution in [2.45, 2.75) is 46.1 Å². The average Bonchev–Trinajstić information content (AvgIpc) is 2.40. The van der Waals surface area contributed by atoms with Gasteiger partial charge in [-0.2, -0.15) is 0 Å². The Bertz CT molecular complexity index is 531. The molecule has 0 radical (unpaired) electrons. The summed E-state index contributed by atoms with van der Waals surface area (Å²) < 4.78 is 2.58. The third-order valence-electron chi connectivity index (χ3n) is 3.15. The van der Waals surface area contributed by atoms with E-state index in [2.05, 4.69) is 12.2 Å². The molecule has 0 amide bonds. The van der Waals surface area contributed by atoms with Crippen LogP contribution in [0.5, 0.6) is 0 Å². The van der Waals surface area contributed by atoms with Crippen molar-refractivity contribution in [3.8, 4) is 0 Å². The molecular weight excluding hydrogens is 244 g/mol. The summed E-state index contributed by atoms with van der Waals surface area (Å²) >= 11 is 0. The van der Waals surface area contributed by atoms with Crippen LogP contribution in [0.4, 0.5) is 11.5 Å². The molecule has 0 aliphatic heterocycles. The molecule has 6 heteroatoms. The highest BCUT2D eigenvalue weighted by Gasteiger charge is 2.14. The number of nitrogens with one attached hydrogen (secondary N) is 1. The zero-order chi connectivity index (χ0) is 14.4. The number of anilines is 2. The highest BCUT2D eigenvalue weighted by molar-refractivity contribution is 5.60. The predicted molar refractivity (Wildman–Crippen MR) is 78.7 cm³/mol. The Morgan fingerprint density at radius 2 is 1.79 bits per heavy atom. The Balaban J connectivity index is 3.19. The van der Waals surface area contributed by atoms with Crippen LogP contribution < -0.4 is 22.3 Å². The molecule has 1 rings (SSSR count). The molecule has 0 aromatic carbocycles. The van der Waals surface area contributed by atoms with E-state index in [0.717, 1.165) is 30.3 Å². The van der Waals surface area contributed by atoms with Crippen molar-refractivity contribution < 1.29 is 0 Å². The number of hydrogen-bond acceptors (Lipinski definition) is 4. The molecule has 0 saturated heterocycles. The minimum Gasteiger partial charge on any atom is -0.383 e. The quantitative estimate of drug-likeness (QED) is 0.727. The third-order valence-corrected chi connectivity index (χ3v) is 3.15. The molecule has 19 heavy (non-hydrogen) atoms. The first-order valence-corrected chi connectivity index (χ1v) is 6.87. The highest BCUT2D eigenvalue weighted by Crippen LogP contribution is 2.11. The largest absolute Gasteiger partial charge is 0.383 e. The lowest BCUT2D eigenvalue weighted by atomic mass is 10.3. The molecule has 0 aliphatic carbocycles. The van der Waals surface area contributed by atoms with Gasteiger partial charge in [0.2, 0.25) is 0 Å². The lowest BCUT2D eigenvalue weighted by molar-refractivity contribution is 0.575. The summed E-state index contributed by atoms with van der Waals surface area (Å²) in [5, 5.41) is 3.05. The van der Waals surface area contributed by atoms with E-state index in [4.69, 9.17) is 5.73 Å². The van der Waals surface area contributed by atoms with Crippen molar-refractivity contribution in [1.29, 1.82) is 0 Å². The summed E-state index contributed by atoms with van der Waals surface area (Å²) in [5.41, 5.74) is 5.60. The van der Waals surface area contributed by atoms with E-state index >= 15 is 0 Å². The van der Waals surface area contributed by atoms with Crippen LogP contribution >= 0.6 is 0 Å². The Hall–Kier alpha value is -1.72. The fourth-order valence-electron chi connectivity index (χ4n) is 1.87. The van der Waals surface area contributed by atoms with Crippen molar-refractivity contribution >= 4 is 11.5 Å². The standard InChI is InChI=1S/C13H24N4O2/c1-4-6-8-15-10-11(14)17(9-7-5-2)13(19)16(3)12(10)18/h15H,4-9,14H2,1-3H3. The molecule has 3 N–H and O–H groups in total. The zero-order valence-electron chi connectivity index (χ0n) is 12.0. The van der Waals surface area contributed by atoms with Crippen molar-refractivity contribution in [2.75, 3.05) is 17.6 Å². The van der Waals surface area contributed by atoms with Gasteiger partial charge in [0.15, 0.2) is 0 Å². The van der Waals surface area contributed by atoms with Gasteiger partial charge in [-0.3, -0.25) is 13.9 Å². The molecule has 6 nitrogen and oxygen atoms in total. The zero-order valence-corrected chi connectivity index (χ0v) is 12.0. The average molecular weight is 268 g/mol. The molecule has 1 aromatic heterocycles. The van der Waals surface area contributed by atoms with E-state index in [1.807, 2.05) is 6.92 Å². The van der Waals surface area contributed by atoms with Gasteiger partial charge >= 0.3 is 5.69 Å². The number of nitrogens with two attached hydrogens (primary N) is 1. The lowest BCUT2D eigenvalue weighted by Crippen LogP contribution is -2.40. The van der Waals surface area contributed by atoms with Crippen LogP contribution in [-0.4, -0.2) is 15.7 Å². The summed E-state index contributed by atoms with van der Waals surface area (Å²) in [6.45, 7) is 5.34. The second-order valence-corrected chi connectivity index (χ2v) is 4.69. The van der Waals surface area contributed by atoms with Gasteiger partial charge in [0, 0.05) is 20.1 Å². The molecule has 0 bridgehead atoms.